The number of pyridine rings is 1. The fraction of sp³-hybridized carbons (Fsp3) is 0.611. The lowest BCUT2D eigenvalue weighted by molar-refractivity contribution is 0.756. The van der Waals surface area contributed by atoms with Crippen LogP contribution in [0.5, 0.6) is 0 Å². The van der Waals surface area contributed by atoms with Gasteiger partial charge >= 0.3 is 0 Å². The van der Waals surface area contributed by atoms with Crippen molar-refractivity contribution in [2.24, 2.45) is 0 Å². The van der Waals surface area contributed by atoms with Gasteiger partial charge in [-0.3, -0.25) is 0 Å². The molecule has 0 N–H and O–H groups in total. The number of halogens is 1. The first kappa shape index (κ1) is 17.7. The molecule has 0 aliphatic carbocycles. The monoisotopic (exact) mass is 380 g/mol. The molecule has 0 saturated carbocycles. The summed E-state index contributed by atoms with van der Waals surface area (Å²) < 4.78 is 3.75. The van der Waals surface area contributed by atoms with Gasteiger partial charge in [0.25, 0.3) is 0 Å². The van der Waals surface area contributed by atoms with Crippen LogP contribution in [-0.4, -0.2) is 17.5 Å². The Kier molecular flexibility index (Phi) is 5.22. The molecule has 0 spiro atoms. The molecule has 4 heteroatoms. The molecule has 0 bridgehead atoms. The maximum absolute atomic E-state index is 4.81. The second kappa shape index (κ2) is 6.48. The van der Waals surface area contributed by atoms with Gasteiger partial charge in [0.05, 0.1) is 0 Å². The Morgan fingerprint density at radius 2 is 1.59 bits per heavy atom. The van der Waals surface area contributed by atoms with Gasteiger partial charge in [-0.2, -0.15) is 0 Å². The summed E-state index contributed by atoms with van der Waals surface area (Å²) in [7, 11) is -1.76. The summed E-state index contributed by atoms with van der Waals surface area (Å²) >= 11 is 3.56. The zero-order valence-electron chi connectivity index (χ0n) is 14.9. The number of fused-ring (bicyclic) bond motifs is 1. The topological polar surface area (TPSA) is 17.8 Å². The number of hydrogen-bond acceptors (Lipinski definition) is 1. The molecule has 0 saturated heterocycles. The molecule has 122 valence electrons. The molecule has 22 heavy (non-hydrogen) atoms. The van der Waals surface area contributed by atoms with Crippen molar-refractivity contribution < 1.29 is 0 Å². The van der Waals surface area contributed by atoms with Crippen molar-refractivity contribution >= 4 is 35.2 Å². The van der Waals surface area contributed by atoms with Gasteiger partial charge in [-0.15, -0.1) is 0 Å². The van der Waals surface area contributed by atoms with Crippen molar-refractivity contribution in [2.45, 2.75) is 71.5 Å². The van der Waals surface area contributed by atoms with Crippen molar-refractivity contribution in [1.29, 1.82) is 0 Å². The fourth-order valence-corrected chi connectivity index (χ4v) is 11.8. The SMILES string of the molecule is CCc1cc2cc(Br)cnc2n1[Si](C(C)C)(C(C)C)C(C)C. The Labute approximate surface area is 144 Å². The fourth-order valence-electron chi connectivity index (χ4n) is 4.59. The average Bonchev–Trinajstić information content (AvgIpc) is 2.76. The Morgan fingerprint density at radius 3 is 2.05 bits per heavy atom. The predicted octanol–water partition coefficient (Wildman–Crippen LogP) is 6.38. The molecule has 0 radical (unpaired) electrons. The smallest absolute Gasteiger partial charge is 0.171 e. The van der Waals surface area contributed by atoms with E-state index in [1.54, 1.807) is 0 Å². The van der Waals surface area contributed by atoms with Gasteiger partial charge in [0.2, 0.25) is 0 Å². The highest BCUT2D eigenvalue weighted by atomic mass is 79.9. The first-order valence-electron chi connectivity index (χ1n) is 8.43. The van der Waals surface area contributed by atoms with Crippen molar-refractivity contribution in [3.8, 4) is 0 Å². The number of nitrogens with zero attached hydrogens (tertiary/aromatic N) is 2. The van der Waals surface area contributed by atoms with Gasteiger partial charge in [0.1, 0.15) is 5.65 Å². The molecular weight excluding hydrogens is 352 g/mol. The second-order valence-electron chi connectivity index (χ2n) is 7.24. The van der Waals surface area contributed by atoms with Gasteiger partial charge in [0, 0.05) is 21.7 Å². The third-order valence-electron chi connectivity index (χ3n) is 5.21. The predicted molar refractivity (Wildman–Crippen MR) is 103 cm³/mol. The molecule has 2 aromatic rings. The van der Waals surface area contributed by atoms with E-state index < -0.39 is 8.24 Å². The van der Waals surface area contributed by atoms with Gasteiger partial charge in [-0.05, 0) is 51.1 Å². The second-order valence-corrected chi connectivity index (χ2v) is 13.8. The summed E-state index contributed by atoms with van der Waals surface area (Å²) in [5.41, 5.74) is 4.67. The third kappa shape index (κ3) is 2.58. The van der Waals surface area contributed by atoms with Crippen LogP contribution in [0.25, 0.3) is 11.0 Å². The van der Waals surface area contributed by atoms with Crippen molar-refractivity contribution in [3.63, 3.8) is 0 Å². The van der Waals surface area contributed by atoms with Crippen LogP contribution in [0.3, 0.4) is 0 Å². The molecule has 2 aromatic heterocycles. The van der Waals surface area contributed by atoms with Crippen molar-refractivity contribution in [3.05, 3.63) is 28.5 Å². The van der Waals surface area contributed by atoms with Crippen LogP contribution in [0.1, 0.15) is 54.2 Å². The van der Waals surface area contributed by atoms with Crippen LogP contribution in [-0.2, 0) is 6.42 Å². The summed E-state index contributed by atoms with van der Waals surface area (Å²) in [5, 5.41) is 1.27. The molecule has 2 nitrogen and oxygen atoms in total. The Hall–Kier alpha value is -0.613. The standard InChI is InChI=1S/C18H29BrN2Si/c1-8-17-10-15-9-16(19)11-20-18(15)21(17)22(12(2)3,13(4)5)14(6)7/h9-14H,8H2,1-7H3. The quantitative estimate of drug-likeness (QED) is 0.549. The molecule has 0 aromatic carbocycles. The van der Waals surface area contributed by atoms with E-state index in [9.17, 15) is 0 Å². The van der Waals surface area contributed by atoms with E-state index in [0.717, 1.165) is 10.9 Å². The maximum atomic E-state index is 4.81. The summed E-state index contributed by atoms with van der Waals surface area (Å²) in [4.78, 5) is 4.81. The highest BCUT2D eigenvalue weighted by Crippen LogP contribution is 2.45. The number of hydrogen-bond donors (Lipinski definition) is 0. The van der Waals surface area contributed by atoms with E-state index in [4.69, 9.17) is 4.98 Å². The lowest BCUT2D eigenvalue weighted by Crippen LogP contribution is -2.52. The van der Waals surface area contributed by atoms with E-state index in [1.807, 2.05) is 6.20 Å². The normalized spacial score (nSPS) is 13.0. The zero-order valence-corrected chi connectivity index (χ0v) is 17.5. The molecule has 2 rings (SSSR count). The largest absolute Gasteiger partial charge is 0.356 e. The highest BCUT2D eigenvalue weighted by molar-refractivity contribution is 9.10. The number of aromatic nitrogens is 2. The minimum absolute atomic E-state index is 0.679. The van der Waals surface area contributed by atoms with Crippen molar-refractivity contribution in [2.75, 3.05) is 0 Å². The Balaban J connectivity index is 2.89. The molecule has 0 fully saturated rings. The molecule has 0 aliphatic heterocycles. The molecular formula is C18H29BrN2Si. The lowest BCUT2D eigenvalue weighted by Gasteiger charge is -2.45. The van der Waals surface area contributed by atoms with Crippen LogP contribution in [0, 0.1) is 0 Å². The van der Waals surface area contributed by atoms with E-state index in [-0.39, 0.29) is 0 Å². The Morgan fingerprint density at radius 1 is 1.05 bits per heavy atom. The molecule has 0 atom stereocenters. The average molecular weight is 381 g/mol. The van der Waals surface area contributed by atoms with Crippen molar-refractivity contribution in [1.82, 2.24) is 9.22 Å². The molecule has 0 unspecified atom stereocenters. The maximum Gasteiger partial charge on any atom is 0.171 e. The Bertz CT molecular complexity index is 637. The minimum atomic E-state index is -1.76. The summed E-state index contributed by atoms with van der Waals surface area (Å²) in [6.07, 6.45) is 3.01. The van der Waals surface area contributed by atoms with Crippen LogP contribution < -0.4 is 0 Å². The van der Waals surface area contributed by atoms with Crippen LogP contribution in [0.4, 0.5) is 0 Å². The van der Waals surface area contributed by atoms with Gasteiger partial charge in [-0.25, -0.2) is 4.98 Å². The molecule has 0 aliphatic rings. The lowest BCUT2D eigenvalue weighted by atomic mass is 10.3. The summed E-state index contributed by atoms with van der Waals surface area (Å²) in [6.45, 7) is 16.7. The molecule has 2 heterocycles. The first-order chi connectivity index (χ1) is 10.3. The minimum Gasteiger partial charge on any atom is -0.356 e. The van der Waals surface area contributed by atoms with E-state index in [1.165, 1.54) is 16.7 Å². The van der Waals surface area contributed by atoms with Crippen LogP contribution in [0.15, 0.2) is 22.8 Å². The van der Waals surface area contributed by atoms with Gasteiger partial charge in [0.15, 0.2) is 8.24 Å². The summed E-state index contributed by atoms with van der Waals surface area (Å²) in [5.74, 6) is 0. The highest BCUT2D eigenvalue weighted by Gasteiger charge is 2.46. The number of aryl methyl sites for hydroxylation is 1. The van der Waals surface area contributed by atoms with Gasteiger partial charge < -0.3 is 4.23 Å². The van der Waals surface area contributed by atoms with Crippen LogP contribution in [0.2, 0.25) is 16.6 Å². The van der Waals surface area contributed by atoms with Crippen LogP contribution >= 0.6 is 15.9 Å². The van der Waals surface area contributed by atoms with E-state index in [0.29, 0.717) is 16.6 Å². The van der Waals surface area contributed by atoms with E-state index >= 15 is 0 Å². The third-order valence-corrected chi connectivity index (χ3v) is 12.5. The molecule has 0 amide bonds. The zero-order chi connectivity index (χ0) is 16.7. The summed E-state index contributed by atoms with van der Waals surface area (Å²) in [6, 6.07) is 4.56. The number of rotatable bonds is 5. The van der Waals surface area contributed by atoms with E-state index in [2.05, 4.69) is 80.8 Å². The van der Waals surface area contributed by atoms with Gasteiger partial charge in [-0.1, -0.05) is 48.5 Å². The first-order valence-corrected chi connectivity index (χ1v) is 11.4.